The molecule has 3 aromatic heterocycles. The van der Waals surface area contributed by atoms with Gasteiger partial charge in [-0.1, -0.05) is 18.2 Å². The molecule has 1 atom stereocenters. The van der Waals surface area contributed by atoms with Crippen molar-refractivity contribution in [3.05, 3.63) is 78.3 Å². The number of fused-ring (bicyclic) bond motifs is 2. The SMILES string of the molecule is [C-]#[N+]c1ccc(-c2c(-c3ccc4c(cnn4C)c3)ncc3c2ccn3CC2CCCNCC2)cc1F. The van der Waals surface area contributed by atoms with Crippen LogP contribution in [0.15, 0.2) is 61.1 Å². The molecule has 1 aliphatic heterocycles. The summed E-state index contributed by atoms with van der Waals surface area (Å²) in [5.41, 5.74) is 5.45. The lowest BCUT2D eigenvalue weighted by Gasteiger charge is -2.17. The minimum atomic E-state index is -0.515. The Balaban J connectivity index is 1.52. The number of hydrogen-bond donors (Lipinski definition) is 1. The first kappa shape index (κ1) is 22.4. The molecule has 1 saturated heterocycles. The third-order valence-corrected chi connectivity index (χ3v) is 7.36. The topological polar surface area (TPSA) is 52.0 Å². The number of benzene rings is 2. The largest absolute Gasteiger partial charge is 0.346 e. The Labute approximate surface area is 209 Å². The lowest BCUT2D eigenvalue weighted by Crippen LogP contribution is -2.15. The van der Waals surface area contributed by atoms with Crippen LogP contribution in [0.3, 0.4) is 0 Å². The molecule has 0 amide bonds. The predicted molar refractivity (Wildman–Crippen MR) is 141 cm³/mol. The summed E-state index contributed by atoms with van der Waals surface area (Å²) in [6.45, 7) is 10.3. The average Bonchev–Trinajstić information content (AvgIpc) is 3.36. The van der Waals surface area contributed by atoms with E-state index in [1.54, 1.807) is 6.07 Å². The number of rotatable bonds is 4. The molecule has 1 unspecified atom stereocenters. The van der Waals surface area contributed by atoms with Crippen LogP contribution in [0.25, 0.3) is 49.0 Å². The molecular formula is C29H27FN6. The van der Waals surface area contributed by atoms with Crippen molar-refractivity contribution in [2.45, 2.75) is 25.8 Å². The molecular weight excluding hydrogens is 451 g/mol. The molecule has 36 heavy (non-hydrogen) atoms. The van der Waals surface area contributed by atoms with Gasteiger partial charge in [0.05, 0.1) is 35.7 Å². The molecule has 6 nitrogen and oxygen atoms in total. The van der Waals surface area contributed by atoms with Crippen molar-refractivity contribution in [3.8, 4) is 22.4 Å². The third kappa shape index (κ3) is 3.94. The van der Waals surface area contributed by atoms with Crippen molar-refractivity contribution >= 4 is 27.5 Å². The summed E-state index contributed by atoms with van der Waals surface area (Å²) in [5.74, 6) is 0.0978. The van der Waals surface area contributed by atoms with Crippen LogP contribution in [-0.2, 0) is 13.6 Å². The average molecular weight is 479 g/mol. The molecule has 1 N–H and O–H groups in total. The molecule has 1 aliphatic rings. The molecule has 4 heterocycles. The first-order valence-electron chi connectivity index (χ1n) is 12.4. The van der Waals surface area contributed by atoms with E-state index in [0.29, 0.717) is 5.92 Å². The summed E-state index contributed by atoms with van der Waals surface area (Å²) in [7, 11) is 1.92. The molecule has 0 bridgehead atoms. The van der Waals surface area contributed by atoms with Crippen molar-refractivity contribution in [3.63, 3.8) is 0 Å². The van der Waals surface area contributed by atoms with Crippen molar-refractivity contribution < 1.29 is 4.39 Å². The summed E-state index contributed by atoms with van der Waals surface area (Å²) >= 11 is 0. The highest BCUT2D eigenvalue weighted by atomic mass is 19.1. The zero-order valence-electron chi connectivity index (χ0n) is 20.2. The van der Waals surface area contributed by atoms with Crippen LogP contribution in [0.5, 0.6) is 0 Å². The minimum Gasteiger partial charge on any atom is -0.346 e. The highest BCUT2D eigenvalue weighted by Gasteiger charge is 2.19. The monoisotopic (exact) mass is 478 g/mol. The zero-order valence-corrected chi connectivity index (χ0v) is 20.2. The van der Waals surface area contributed by atoms with Gasteiger partial charge in [-0.25, -0.2) is 9.24 Å². The molecule has 180 valence electrons. The van der Waals surface area contributed by atoms with E-state index in [0.717, 1.165) is 70.2 Å². The van der Waals surface area contributed by atoms with Crippen molar-refractivity contribution in [1.82, 2.24) is 24.6 Å². The van der Waals surface area contributed by atoms with E-state index >= 15 is 0 Å². The second kappa shape index (κ2) is 9.21. The maximum Gasteiger partial charge on any atom is 0.222 e. The Kier molecular flexibility index (Phi) is 5.74. The van der Waals surface area contributed by atoms with Crippen LogP contribution >= 0.6 is 0 Å². The lowest BCUT2D eigenvalue weighted by atomic mass is 9.95. The van der Waals surface area contributed by atoms with Gasteiger partial charge in [0, 0.05) is 41.7 Å². The predicted octanol–water partition coefficient (Wildman–Crippen LogP) is 6.34. The first-order valence-corrected chi connectivity index (χ1v) is 12.4. The molecule has 0 radical (unpaired) electrons. The van der Waals surface area contributed by atoms with E-state index < -0.39 is 5.82 Å². The van der Waals surface area contributed by atoms with E-state index in [9.17, 15) is 4.39 Å². The Hall–Kier alpha value is -4.02. The summed E-state index contributed by atoms with van der Waals surface area (Å²) in [4.78, 5) is 8.24. The van der Waals surface area contributed by atoms with Gasteiger partial charge in [0.1, 0.15) is 5.82 Å². The van der Waals surface area contributed by atoms with Gasteiger partial charge in [-0.15, -0.1) is 0 Å². The fourth-order valence-corrected chi connectivity index (χ4v) is 5.44. The van der Waals surface area contributed by atoms with Gasteiger partial charge in [-0.2, -0.15) is 5.10 Å². The smallest absolute Gasteiger partial charge is 0.222 e. The molecule has 0 spiro atoms. The van der Waals surface area contributed by atoms with Crippen molar-refractivity contribution in [1.29, 1.82) is 0 Å². The van der Waals surface area contributed by atoms with E-state index in [1.807, 2.05) is 42.3 Å². The first-order chi connectivity index (χ1) is 17.6. The van der Waals surface area contributed by atoms with Crippen LogP contribution in [0.1, 0.15) is 19.3 Å². The van der Waals surface area contributed by atoms with Gasteiger partial charge >= 0.3 is 0 Å². The van der Waals surface area contributed by atoms with Gasteiger partial charge in [-0.3, -0.25) is 9.67 Å². The number of hydrogen-bond acceptors (Lipinski definition) is 3. The van der Waals surface area contributed by atoms with Gasteiger partial charge < -0.3 is 9.88 Å². The van der Waals surface area contributed by atoms with Crippen LogP contribution < -0.4 is 5.32 Å². The third-order valence-electron chi connectivity index (χ3n) is 7.36. The van der Waals surface area contributed by atoms with E-state index in [4.69, 9.17) is 11.6 Å². The summed E-state index contributed by atoms with van der Waals surface area (Å²) in [6, 6.07) is 13.1. The fourth-order valence-electron chi connectivity index (χ4n) is 5.44. The lowest BCUT2D eigenvalue weighted by molar-refractivity contribution is 0.410. The van der Waals surface area contributed by atoms with Gasteiger partial charge in [-0.05, 0) is 68.1 Å². The summed E-state index contributed by atoms with van der Waals surface area (Å²) < 4.78 is 18.9. The standard InChI is InChI=1S/C29H27FN6/c1-31-25-7-5-20(15-24(25)30)28-23-10-13-36(18-19-4-3-11-32-12-9-19)27(23)17-33-29(28)21-6-8-26-22(14-21)16-34-35(26)2/h5-8,10,13-17,19,32H,3-4,9,11-12,18H2,2H3. The molecule has 5 aromatic rings. The van der Waals surface area contributed by atoms with Crippen molar-refractivity contribution in [2.24, 2.45) is 13.0 Å². The molecule has 2 aromatic carbocycles. The molecule has 7 heteroatoms. The number of aromatic nitrogens is 4. The Bertz CT molecular complexity index is 1610. The highest BCUT2D eigenvalue weighted by molar-refractivity contribution is 6.02. The van der Waals surface area contributed by atoms with Crippen LogP contribution in [0, 0.1) is 18.3 Å². The molecule has 0 aliphatic carbocycles. The molecule has 1 fully saturated rings. The highest BCUT2D eigenvalue weighted by Crippen LogP contribution is 2.39. The zero-order chi connectivity index (χ0) is 24.6. The Morgan fingerprint density at radius 1 is 1.06 bits per heavy atom. The quantitative estimate of drug-likeness (QED) is 0.307. The van der Waals surface area contributed by atoms with Gasteiger partial charge in [0.15, 0.2) is 0 Å². The Morgan fingerprint density at radius 2 is 1.94 bits per heavy atom. The van der Waals surface area contributed by atoms with Crippen molar-refractivity contribution in [2.75, 3.05) is 13.1 Å². The second-order valence-corrected chi connectivity index (χ2v) is 9.62. The molecule has 0 saturated carbocycles. The summed E-state index contributed by atoms with van der Waals surface area (Å²) in [6.07, 6.45) is 9.48. The van der Waals surface area contributed by atoms with E-state index in [1.165, 1.54) is 18.9 Å². The number of nitrogens with zero attached hydrogens (tertiary/aromatic N) is 5. The van der Waals surface area contributed by atoms with E-state index in [-0.39, 0.29) is 5.69 Å². The maximum atomic E-state index is 14.8. The van der Waals surface area contributed by atoms with E-state index in [2.05, 4.69) is 38.2 Å². The van der Waals surface area contributed by atoms with Crippen LogP contribution in [-0.4, -0.2) is 32.4 Å². The maximum absolute atomic E-state index is 14.8. The minimum absolute atomic E-state index is 0.0248. The molecule has 6 rings (SSSR count). The summed E-state index contributed by atoms with van der Waals surface area (Å²) in [5, 5.41) is 9.92. The Morgan fingerprint density at radius 3 is 2.81 bits per heavy atom. The van der Waals surface area contributed by atoms with Crippen LogP contribution in [0.4, 0.5) is 10.1 Å². The number of aryl methyl sites for hydroxylation is 1. The van der Waals surface area contributed by atoms with Crippen LogP contribution in [0.2, 0.25) is 0 Å². The van der Waals surface area contributed by atoms with Gasteiger partial charge in [0.25, 0.3) is 0 Å². The second-order valence-electron chi connectivity index (χ2n) is 9.62. The number of nitrogens with one attached hydrogen (secondary N) is 1. The fraction of sp³-hybridized carbons (Fsp3) is 0.276. The number of halogens is 1. The number of pyridine rings is 1. The normalized spacial score (nSPS) is 16.3. The van der Waals surface area contributed by atoms with Gasteiger partial charge in [0.2, 0.25) is 5.69 Å².